The van der Waals surface area contributed by atoms with Crippen LogP contribution in [0.1, 0.15) is 11.3 Å². The molecule has 1 aliphatic heterocycles. The van der Waals surface area contributed by atoms with Crippen molar-refractivity contribution in [3.63, 3.8) is 0 Å². The van der Waals surface area contributed by atoms with Crippen molar-refractivity contribution >= 4 is 23.5 Å². The highest BCUT2D eigenvalue weighted by molar-refractivity contribution is 7.98. The lowest BCUT2D eigenvalue weighted by atomic mass is 10.3. The molecule has 1 aromatic rings. The number of carbonyl (C=O) groups excluding carboxylic acids is 1. The summed E-state index contributed by atoms with van der Waals surface area (Å²) >= 11 is 1.80. The average molecular weight is 256 g/mol. The number of nitrogens with zero attached hydrogens (tertiary/aromatic N) is 2. The number of nitrogen functional groups attached to an aromatic ring is 1. The van der Waals surface area contributed by atoms with Crippen molar-refractivity contribution in [3.05, 3.63) is 11.3 Å². The first-order chi connectivity index (χ1) is 8.22. The molecule has 0 bridgehead atoms. The molecule has 1 aromatic heterocycles. The summed E-state index contributed by atoms with van der Waals surface area (Å²) in [6.45, 7) is 1.19. The maximum atomic E-state index is 11.6. The van der Waals surface area contributed by atoms with Gasteiger partial charge in [-0.1, -0.05) is 0 Å². The van der Waals surface area contributed by atoms with Crippen LogP contribution in [0.4, 0.5) is 5.82 Å². The number of thioether (sulfide) groups is 1. The van der Waals surface area contributed by atoms with E-state index in [0.717, 1.165) is 22.8 Å². The van der Waals surface area contributed by atoms with Gasteiger partial charge in [-0.3, -0.25) is 4.79 Å². The number of anilines is 1. The molecule has 0 aliphatic carbocycles. The number of hydrogen-bond acceptors (Lipinski definition) is 5. The summed E-state index contributed by atoms with van der Waals surface area (Å²) in [5, 5.41) is 7.08. The number of rotatable bonds is 5. The fraction of sp³-hybridized carbons (Fsp3) is 0.600. The zero-order valence-corrected chi connectivity index (χ0v) is 10.5. The highest BCUT2D eigenvalue weighted by atomic mass is 32.2. The highest BCUT2D eigenvalue weighted by Crippen LogP contribution is 2.32. The van der Waals surface area contributed by atoms with Gasteiger partial charge in [-0.25, -0.2) is 4.68 Å². The molecule has 0 spiro atoms. The monoisotopic (exact) mass is 256 g/mol. The van der Waals surface area contributed by atoms with Crippen molar-refractivity contribution in [2.24, 2.45) is 0 Å². The molecule has 2 heterocycles. The number of fused-ring (bicyclic) bond motifs is 1. The Bertz CT molecular complexity index is 419. The molecule has 2 rings (SSSR count). The summed E-state index contributed by atoms with van der Waals surface area (Å²) < 4.78 is 6.43. The van der Waals surface area contributed by atoms with Gasteiger partial charge in [0.25, 0.3) is 0 Å². The zero-order chi connectivity index (χ0) is 12.3. The minimum atomic E-state index is -0.0948. The van der Waals surface area contributed by atoms with Crippen LogP contribution in [0.5, 0.6) is 0 Å². The largest absolute Gasteiger partial charge is 0.384 e. The van der Waals surface area contributed by atoms with Crippen LogP contribution in [0.25, 0.3) is 0 Å². The van der Waals surface area contributed by atoms with Gasteiger partial charge in [0.15, 0.2) is 0 Å². The third-order valence-corrected chi connectivity index (χ3v) is 3.55. The molecule has 1 aliphatic rings. The molecule has 0 saturated carbocycles. The molecule has 0 unspecified atom stereocenters. The van der Waals surface area contributed by atoms with Gasteiger partial charge in [0.2, 0.25) is 5.91 Å². The minimum Gasteiger partial charge on any atom is -0.384 e. The van der Waals surface area contributed by atoms with E-state index in [1.165, 1.54) is 0 Å². The zero-order valence-electron chi connectivity index (χ0n) is 9.73. The first-order valence-electron chi connectivity index (χ1n) is 5.39. The van der Waals surface area contributed by atoms with Crippen LogP contribution in [0.3, 0.4) is 0 Å². The summed E-state index contributed by atoms with van der Waals surface area (Å²) in [6.07, 6.45) is 0. The number of ether oxygens (including phenoxy) is 1. The van der Waals surface area contributed by atoms with Gasteiger partial charge in [-0.15, -0.1) is 0 Å². The van der Waals surface area contributed by atoms with E-state index in [1.807, 2.05) is 0 Å². The number of carbonyl (C=O) groups is 1. The number of nitrogens with two attached hydrogens (primary N) is 1. The van der Waals surface area contributed by atoms with Crippen LogP contribution >= 0.6 is 11.8 Å². The number of aromatic nitrogens is 2. The maximum Gasteiger partial charge on any atom is 0.241 e. The normalized spacial score (nSPS) is 13.7. The Morgan fingerprint density at radius 1 is 1.65 bits per heavy atom. The Kier molecular flexibility index (Phi) is 3.90. The molecular formula is C10H16N4O2S. The second kappa shape index (κ2) is 5.42. The van der Waals surface area contributed by atoms with E-state index in [0.29, 0.717) is 19.0 Å². The van der Waals surface area contributed by atoms with Crippen LogP contribution in [0, 0.1) is 0 Å². The van der Waals surface area contributed by atoms with Gasteiger partial charge in [-0.05, 0) is 0 Å². The molecule has 0 atom stereocenters. The van der Waals surface area contributed by atoms with E-state index >= 15 is 0 Å². The van der Waals surface area contributed by atoms with E-state index in [2.05, 4.69) is 10.4 Å². The van der Waals surface area contributed by atoms with Crippen molar-refractivity contribution in [3.8, 4) is 0 Å². The summed E-state index contributed by atoms with van der Waals surface area (Å²) in [6, 6.07) is 0. The third kappa shape index (κ3) is 2.73. The quantitative estimate of drug-likeness (QED) is 0.723. The van der Waals surface area contributed by atoms with E-state index in [4.69, 9.17) is 10.5 Å². The summed E-state index contributed by atoms with van der Waals surface area (Å²) in [5.74, 6) is 2.30. The predicted molar refractivity (Wildman–Crippen MR) is 66.5 cm³/mol. The SMILES string of the molecule is COCCNC(=O)Cn1nc2c(c1N)CSC2. The minimum absolute atomic E-state index is 0.0948. The maximum absolute atomic E-state index is 11.6. The molecule has 17 heavy (non-hydrogen) atoms. The summed E-state index contributed by atoms with van der Waals surface area (Å²) in [7, 11) is 1.60. The predicted octanol–water partition coefficient (Wildman–Crippen LogP) is -0.0253. The number of hydrogen-bond donors (Lipinski definition) is 2. The van der Waals surface area contributed by atoms with Crippen molar-refractivity contribution in [2.45, 2.75) is 18.1 Å². The summed E-state index contributed by atoms with van der Waals surface area (Å²) in [5.41, 5.74) is 8.03. The number of methoxy groups -OCH3 is 1. The highest BCUT2D eigenvalue weighted by Gasteiger charge is 2.21. The van der Waals surface area contributed by atoms with E-state index in [9.17, 15) is 4.79 Å². The van der Waals surface area contributed by atoms with Crippen LogP contribution < -0.4 is 11.1 Å². The van der Waals surface area contributed by atoms with Crippen LogP contribution in [-0.4, -0.2) is 35.9 Å². The van der Waals surface area contributed by atoms with Crippen molar-refractivity contribution in [2.75, 3.05) is 26.0 Å². The third-order valence-electron chi connectivity index (χ3n) is 2.58. The molecule has 0 fully saturated rings. The standard InChI is InChI=1S/C10H16N4O2S/c1-16-3-2-12-9(15)4-14-10(11)7-5-17-6-8(7)13-14/h2-6,11H2,1H3,(H,12,15). The lowest BCUT2D eigenvalue weighted by Gasteiger charge is -2.06. The van der Waals surface area contributed by atoms with E-state index in [-0.39, 0.29) is 12.5 Å². The van der Waals surface area contributed by atoms with Crippen molar-refractivity contribution < 1.29 is 9.53 Å². The number of nitrogens with one attached hydrogen (secondary N) is 1. The first kappa shape index (κ1) is 12.3. The van der Waals surface area contributed by atoms with Crippen molar-refractivity contribution in [1.82, 2.24) is 15.1 Å². The fourth-order valence-electron chi connectivity index (χ4n) is 1.69. The second-order valence-corrected chi connectivity index (χ2v) is 4.79. The molecule has 0 saturated heterocycles. The Hall–Kier alpha value is -1.21. The smallest absolute Gasteiger partial charge is 0.241 e. The van der Waals surface area contributed by atoms with E-state index in [1.54, 1.807) is 23.6 Å². The molecule has 1 amide bonds. The molecule has 3 N–H and O–H groups in total. The first-order valence-corrected chi connectivity index (χ1v) is 6.55. The van der Waals surface area contributed by atoms with Crippen LogP contribution in [0.15, 0.2) is 0 Å². The second-order valence-electron chi connectivity index (χ2n) is 3.80. The summed E-state index contributed by atoms with van der Waals surface area (Å²) in [4.78, 5) is 11.6. The molecule has 7 heteroatoms. The molecule has 0 aromatic carbocycles. The van der Waals surface area contributed by atoms with Gasteiger partial charge in [0, 0.05) is 30.7 Å². The topological polar surface area (TPSA) is 82.2 Å². The Morgan fingerprint density at radius 2 is 2.47 bits per heavy atom. The lowest BCUT2D eigenvalue weighted by Crippen LogP contribution is -2.31. The Morgan fingerprint density at radius 3 is 3.18 bits per heavy atom. The van der Waals surface area contributed by atoms with Gasteiger partial charge in [-0.2, -0.15) is 16.9 Å². The average Bonchev–Trinajstić information content (AvgIpc) is 2.84. The lowest BCUT2D eigenvalue weighted by molar-refractivity contribution is -0.122. The fourth-order valence-corrected chi connectivity index (χ4v) is 2.74. The van der Waals surface area contributed by atoms with E-state index < -0.39 is 0 Å². The molecule has 6 nitrogen and oxygen atoms in total. The molecule has 0 radical (unpaired) electrons. The van der Waals surface area contributed by atoms with Gasteiger partial charge >= 0.3 is 0 Å². The Balaban J connectivity index is 1.93. The van der Waals surface area contributed by atoms with Crippen LogP contribution in [-0.2, 0) is 27.6 Å². The van der Waals surface area contributed by atoms with Crippen LogP contribution in [0.2, 0.25) is 0 Å². The molecular weight excluding hydrogens is 240 g/mol. The Labute approximate surface area is 104 Å². The molecule has 94 valence electrons. The van der Waals surface area contributed by atoms with Gasteiger partial charge in [0.1, 0.15) is 12.4 Å². The number of amides is 1. The van der Waals surface area contributed by atoms with Gasteiger partial charge < -0.3 is 15.8 Å². The van der Waals surface area contributed by atoms with Crippen molar-refractivity contribution in [1.29, 1.82) is 0 Å². The van der Waals surface area contributed by atoms with Gasteiger partial charge in [0.05, 0.1) is 12.3 Å².